The average Bonchev–Trinajstić information content (AvgIpc) is 3.68. The number of ketones is 1. The number of hydrogen-bond acceptors (Lipinski definition) is 8. The first-order valence-corrected chi connectivity index (χ1v) is 16.1. The van der Waals surface area contributed by atoms with Crippen molar-refractivity contribution >= 4 is 35.3 Å². The lowest BCUT2D eigenvalue weighted by Crippen LogP contribution is -2.61. The van der Waals surface area contributed by atoms with Crippen LogP contribution in [0.25, 0.3) is 0 Å². The van der Waals surface area contributed by atoms with Gasteiger partial charge in [-0.3, -0.25) is 33.8 Å². The summed E-state index contributed by atoms with van der Waals surface area (Å²) in [5.74, 6) is -3.14. The van der Waals surface area contributed by atoms with E-state index in [2.05, 4.69) is 31.2 Å². The molecule has 45 heavy (non-hydrogen) atoms. The van der Waals surface area contributed by atoms with E-state index in [9.17, 15) is 28.8 Å². The summed E-state index contributed by atoms with van der Waals surface area (Å²) in [4.78, 5) is 90.2. The van der Waals surface area contributed by atoms with E-state index < -0.39 is 59.0 Å². The summed E-state index contributed by atoms with van der Waals surface area (Å²) in [6.07, 6.45) is 7.49. The highest BCUT2D eigenvalue weighted by Crippen LogP contribution is 2.62. The summed E-state index contributed by atoms with van der Waals surface area (Å²) >= 11 is 0. The fourth-order valence-electron chi connectivity index (χ4n) is 8.12. The Morgan fingerprint density at radius 1 is 1.00 bits per heavy atom. The number of rotatable bonds is 9. The molecule has 5 aliphatic rings. The zero-order chi connectivity index (χ0) is 32.4. The number of aromatic nitrogens is 2. The summed E-state index contributed by atoms with van der Waals surface area (Å²) in [6, 6.07) is -3.61. The van der Waals surface area contributed by atoms with Crippen LogP contribution in [-0.4, -0.2) is 86.9 Å². The molecule has 1 aromatic rings. The number of nitrogens with zero attached hydrogens (tertiary/aromatic N) is 3. The summed E-state index contributed by atoms with van der Waals surface area (Å²) in [5.41, 5.74) is -0.667. The van der Waals surface area contributed by atoms with Crippen molar-refractivity contribution in [3.05, 3.63) is 24.3 Å². The molecular weight excluding hydrogens is 578 g/mol. The summed E-state index contributed by atoms with van der Waals surface area (Å²) < 4.78 is 0. The fourth-order valence-corrected chi connectivity index (χ4v) is 8.12. The first kappa shape index (κ1) is 31.1. The second kappa shape index (κ2) is 11.5. The molecule has 4 N–H and O–H groups in total. The zero-order valence-corrected chi connectivity index (χ0v) is 26.4. The lowest BCUT2D eigenvalue weighted by Gasteiger charge is -2.45. The Kier molecular flexibility index (Phi) is 7.93. The minimum absolute atomic E-state index is 0.0283. The Balaban J connectivity index is 1.21. The van der Waals surface area contributed by atoms with Gasteiger partial charge in [0.15, 0.2) is 0 Å². The Labute approximate surface area is 262 Å². The molecule has 5 amide bonds. The third kappa shape index (κ3) is 5.69. The maximum Gasteiger partial charge on any atom is 0.289 e. The molecule has 0 bridgehead atoms. The highest BCUT2D eigenvalue weighted by Gasteiger charge is 2.67. The van der Waals surface area contributed by atoms with Crippen LogP contribution in [0.15, 0.2) is 18.6 Å². The predicted octanol–water partition coefficient (Wildman–Crippen LogP) is 0.207. The van der Waals surface area contributed by atoms with E-state index in [1.807, 2.05) is 20.8 Å². The molecule has 2 aliphatic heterocycles. The third-order valence-electron chi connectivity index (χ3n) is 10.5. The van der Waals surface area contributed by atoms with Crippen molar-refractivity contribution in [1.82, 2.24) is 36.1 Å². The van der Waals surface area contributed by atoms with Gasteiger partial charge in [-0.05, 0) is 66.6 Å². The monoisotopic (exact) mass is 621 g/mol. The number of amides is 5. The molecule has 0 spiro atoms. The van der Waals surface area contributed by atoms with Gasteiger partial charge in [-0.1, -0.05) is 34.6 Å². The van der Waals surface area contributed by atoms with E-state index in [1.54, 1.807) is 18.7 Å². The highest BCUT2D eigenvalue weighted by molar-refractivity contribution is 6.38. The van der Waals surface area contributed by atoms with Gasteiger partial charge in [0.1, 0.15) is 29.9 Å². The van der Waals surface area contributed by atoms with Crippen LogP contribution in [0, 0.1) is 40.9 Å². The van der Waals surface area contributed by atoms with Gasteiger partial charge in [0.05, 0.1) is 6.20 Å². The first-order chi connectivity index (χ1) is 21.3. The predicted molar refractivity (Wildman–Crippen MR) is 160 cm³/mol. The summed E-state index contributed by atoms with van der Waals surface area (Å²) in [6.45, 7) is 9.50. The maximum atomic E-state index is 14.4. The lowest BCUT2D eigenvalue weighted by molar-refractivity contribution is -0.145. The molecule has 3 saturated carbocycles. The molecule has 9 atom stereocenters. The van der Waals surface area contributed by atoms with Crippen molar-refractivity contribution in [3.63, 3.8) is 0 Å². The highest BCUT2D eigenvalue weighted by atomic mass is 16.2. The Hall–Kier alpha value is -3.90. The normalized spacial score (nSPS) is 31.1. The van der Waals surface area contributed by atoms with Gasteiger partial charge >= 0.3 is 0 Å². The second-order valence-electron chi connectivity index (χ2n) is 14.9. The van der Waals surface area contributed by atoms with Crippen LogP contribution < -0.4 is 21.3 Å². The van der Waals surface area contributed by atoms with Crippen molar-refractivity contribution in [2.45, 2.75) is 90.5 Å². The van der Waals surface area contributed by atoms with Crippen LogP contribution in [0.5, 0.6) is 0 Å². The molecule has 13 heteroatoms. The van der Waals surface area contributed by atoms with Crippen LogP contribution in [0.1, 0.15) is 70.8 Å². The smallest absolute Gasteiger partial charge is 0.289 e. The van der Waals surface area contributed by atoms with Crippen molar-refractivity contribution in [1.29, 1.82) is 0 Å². The largest absolute Gasteiger partial charge is 0.347 e. The topological polar surface area (TPSA) is 180 Å². The first-order valence-electron chi connectivity index (χ1n) is 16.1. The molecule has 1 aromatic heterocycles. The minimum Gasteiger partial charge on any atom is -0.347 e. The number of nitrogens with one attached hydrogen (secondary N) is 4. The molecule has 242 valence electrons. The van der Waals surface area contributed by atoms with E-state index in [0.29, 0.717) is 12.5 Å². The van der Waals surface area contributed by atoms with Crippen LogP contribution in [0.2, 0.25) is 0 Å². The number of carbonyl (C=O) groups excluding carboxylic acids is 6. The molecule has 2 saturated heterocycles. The van der Waals surface area contributed by atoms with Gasteiger partial charge in [0.2, 0.25) is 23.5 Å². The van der Waals surface area contributed by atoms with Gasteiger partial charge in [-0.25, -0.2) is 4.98 Å². The molecular formula is C32H43N7O6. The second-order valence-corrected chi connectivity index (χ2v) is 14.9. The number of likely N-dealkylation sites (tertiary alicyclic amines) is 1. The average molecular weight is 622 g/mol. The SMILES string of the molecule is CC(C)[C@H](NC(=O)c1cnccn1)C(=O)N[C@H](C(=O)N1C[C@@H]2CC3CC4C3[C@@H]2C1C(=O)N[C@@H]4C(=O)C(=O)NC1CC1)C(C)(C)C. The van der Waals surface area contributed by atoms with Crippen molar-refractivity contribution in [2.75, 3.05) is 6.54 Å². The van der Waals surface area contributed by atoms with Crippen LogP contribution in [0.3, 0.4) is 0 Å². The number of Topliss-reactive ketones (excluding diaryl/α,β-unsaturated/α-hetero) is 1. The number of hydrogen-bond donors (Lipinski definition) is 4. The van der Waals surface area contributed by atoms with E-state index in [1.165, 1.54) is 18.6 Å². The van der Waals surface area contributed by atoms with E-state index in [4.69, 9.17) is 0 Å². The van der Waals surface area contributed by atoms with Gasteiger partial charge in [-0.2, -0.15) is 0 Å². The third-order valence-corrected chi connectivity index (χ3v) is 10.5. The van der Waals surface area contributed by atoms with Gasteiger partial charge in [-0.15, -0.1) is 0 Å². The van der Waals surface area contributed by atoms with Crippen LogP contribution >= 0.6 is 0 Å². The van der Waals surface area contributed by atoms with Crippen molar-refractivity contribution < 1.29 is 28.8 Å². The van der Waals surface area contributed by atoms with E-state index >= 15 is 0 Å². The Morgan fingerprint density at radius 3 is 2.36 bits per heavy atom. The lowest BCUT2D eigenvalue weighted by atomic mass is 9.60. The van der Waals surface area contributed by atoms with E-state index in [0.717, 1.165) is 25.7 Å². The van der Waals surface area contributed by atoms with Crippen LogP contribution in [-0.2, 0) is 24.0 Å². The fraction of sp³-hybridized carbons (Fsp3) is 0.688. The van der Waals surface area contributed by atoms with Crippen molar-refractivity contribution in [2.24, 2.45) is 40.9 Å². The van der Waals surface area contributed by atoms with Crippen LogP contribution in [0.4, 0.5) is 0 Å². The van der Waals surface area contributed by atoms with Crippen molar-refractivity contribution in [3.8, 4) is 0 Å². The molecule has 4 unspecified atom stereocenters. The standard InChI is InChI=1S/C32H43N7O6/c1-14(2)22(36-27(41)19-12-33-8-9-34-19)28(42)38-26(32(3,4)5)31(45)39-13-16-10-15-11-18-20(15)21(16)24(39)29(43)37-23(18)25(40)30(44)35-17-6-7-17/h8-9,12,14-18,20-24,26H,6-7,10-11,13H2,1-5H3,(H,35,44)(H,36,41)(H,37,43)(H,38,42)/t15?,16-,18?,20?,21+,22-,23-,24?,26+/m0/s1. The minimum atomic E-state index is -0.996. The number of carbonyl (C=O) groups is 6. The van der Waals surface area contributed by atoms with Gasteiger partial charge < -0.3 is 26.2 Å². The molecule has 3 aliphatic carbocycles. The molecule has 3 heterocycles. The molecule has 13 nitrogen and oxygen atoms in total. The molecule has 5 fully saturated rings. The quantitative estimate of drug-likeness (QED) is 0.283. The zero-order valence-electron chi connectivity index (χ0n) is 26.4. The Bertz CT molecular complexity index is 1410. The van der Waals surface area contributed by atoms with E-state index in [-0.39, 0.29) is 47.2 Å². The molecule has 6 rings (SSSR count). The molecule has 0 aromatic carbocycles. The summed E-state index contributed by atoms with van der Waals surface area (Å²) in [5, 5.41) is 11.3. The molecule has 0 radical (unpaired) electrons. The Morgan fingerprint density at radius 2 is 1.73 bits per heavy atom. The van der Waals surface area contributed by atoms with Gasteiger partial charge in [0, 0.05) is 25.0 Å². The van der Waals surface area contributed by atoms with Gasteiger partial charge in [0.25, 0.3) is 11.8 Å². The summed E-state index contributed by atoms with van der Waals surface area (Å²) in [7, 11) is 0. The maximum absolute atomic E-state index is 14.4.